The van der Waals surface area contributed by atoms with Crippen LogP contribution in [0.15, 0.2) is 48.5 Å². The zero-order valence-electron chi connectivity index (χ0n) is 18.2. The molecular weight excluding hydrogens is 406 g/mol. The summed E-state index contributed by atoms with van der Waals surface area (Å²) < 4.78 is 2.32. The first-order chi connectivity index (χ1) is 15.2. The fraction of sp³-hybridized carbons (Fsp3) is 0.462. The van der Waals surface area contributed by atoms with Crippen LogP contribution in [0.5, 0.6) is 0 Å². The van der Waals surface area contributed by atoms with E-state index < -0.39 is 0 Å². The van der Waals surface area contributed by atoms with Gasteiger partial charge < -0.3 is 9.88 Å². The topological polar surface area (TPSA) is 46.9 Å². The molecule has 0 radical (unpaired) electrons. The molecule has 1 fully saturated rings. The molecule has 4 rings (SSSR count). The number of hydrogen-bond donors (Lipinski definition) is 1. The number of unbranched alkanes of at least 4 members (excludes halogenated alkanes) is 2. The number of aryl methyl sites for hydroxylation is 1. The van der Waals surface area contributed by atoms with Crippen LogP contribution in [0, 0.1) is 5.92 Å². The lowest BCUT2D eigenvalue weighted by molar-refractivity contribution is -0.125. The molecule has 5 heteroatoms. The number of rotatable bonds is 9. The molecule has 2 aromatic carbocycles. The molecule has 164 valence electrons. The Kier molecular flexibility index (Phi) is 7.63. The summed E-state index contributed by atoms with van der Waals surface area (Å²) in [4.78, 5) is 17.2. The quantitative estimate of drug-likeness (QED) is 0.408. The highest BCUT2D eigenvalue weighted by molar-refractivity contribution is 6.30. The molecule has 4 nitrogen and oxygen atoms in total. The number of nitrogens with zero attached hydrogens (tertiary/aromatic N) is 2. The van der Waals surface area contributed by atoms with Crippen molar-refractivity contribution in [3.8, 4) is 0 Å². The Morgan fingerprint density at radius 2 is 1.77 bits per heavy atom. The average Bonchev–Trinajstić information content (AvgIpc) is 3.15. The number of halogens is 1. The summed E-state index contributed by atoms with van der Waals surface area (Å²) in [6.45, 7) is 1.58. The molecule has 1 saturated carbocycles. The van der Waals surface area contributed by atoms with Gasteiger partial charge in [-0.25, -0.2) is 4.98 Å². The van der Waals surface area contributed by atoms with E-state index in [0.29, 0.717) is 0 Å². The summed E-state index contributed by atoms with van der Waals surface area (Å²) in [6, 6.07) is 16.4. The number of fused-ring (bicyclic) bond motifs is 1. The molecule has 0 saturated heterocycles. The van der Waals surface area contributed by atoms with E-state index in [9.17, 15) is 4.79 Å². The predicted octanol–water partition coefficient (Wildman–Crippen LogP) is 6.15. The van der Waals surface area contributed by atoms with E-state index in [0.717, 1.165) is 68.0 Å². The molecule has 1 amide bonds. The van der Waals surface area contributed by atoms with Crippen molar-refractivity contribution in [2.75, 3.05) is 6.54 Å². The van der Waals surface area contributed by atoms with Crippen molar-refractivity contribution in [1.82, 2.24) is 14.9 Å². The lowest BCUT2D eigenvalue weighted by Gasteiger charge is -2.20. The number of amides is 1. The first-order valence-corrected chi connectivity index (χ1v) is 12.0. The minimum absolute atomic E-state index is 0.251. The van der Waals surface area contributed by atoms with Crippen molar-refractivity contribution >= 4 is 28.5 Å². The van der Waals surface area contributed by atoms with E-state index >= 15 is 0 Å². The summed E-state index contributed by atoms with van der Waals surface area (Å²) in [7, 11) is 0. The van der Waals surface area contributed by atoms with Crippen molar-refractivity contribution in [1.29, 1.82) is 0 Å². The van der Waals surface area contributed by atoms with Gasteiger partial charge in [0.05, 0.1) is 11.0 Å². The van der Waals surface area contributed by atoms with Crippen LogP contribution in [0.1, 0.15) is 62.8 Å². The molecule has 1 heterocycles. The highest BCUT2D eigenvalue weighted by Crippen LogP contribution is 2.24. The second-order valence-corrected chi connectivity index (χ2v) is 9.10. The number of aromatic nitrogens is 2. The normalized spacial score (nSPS) is 14.7. The molecular formula is C26H32ClN3O. The van der Waals surface area contributed by atoms with Crippen molar-refractivity contribution in [2.45, 2.75) is 64.3 Å². The second kappa shape index (κ2) is 10.8. The third kappa shape index (κ3) is 5.88. The Balaban J connectivity index is 1.30. The van der Waals surface area contributed by atoms with E-state index in [1.807, 2.05) is 18.2 Å². The molecule has 1 N–H and O–H groups in total. The van der Waals surface area contributed by atoms with Crippen LogP contribution in [-0.4, -0.2) is 22.0 Å². The van der Waals surface area contributed by atoms with Gasteiger partial charge in [-0.3, -0.25) is 4.79 Å². The summed E-state index contributed by atoms with van der Waals surface area (Å²) in [5.74, 6) is 1.65. The maximum Gasteiger partial charge on any atom is 0.223 e. The molecule has 0 atom stereocenters. The molecule has 0 spiro atoms. The number of hydrogen-bond acceptors (Lipinski definition) is 2. The van der Waals surface area contributed by atoms with Gasteiger partial charge >= 0.3 is 0 Å². The van der Waals surface area contributed by atoms with Gasteiger partial charge in [-0.05, 0) is 55.5 Å². The van der Waals surface area contributed by atoms with E-state index in [1.165, 1.54) is 30.3 Å². The SMILES string of the molecule is O=C(NCCCCCc1nc2ccccc2n1Cc1ccc(Cl)cc1)C1CCCCC1. The lowest BCUT2D eigenvalue weighted by atomic mass is 9.89. The first-order valence-electron chi connectivity index (χ1n) is 11.7. The Bertz CT molecular complexity index is 990. The predicted molar refractivity (Wildman–Crippen MR) is 127 cm³/mol. The molecule has 0 unspecified atom stereocenters. The van der Waals surface area contributed by atoms with Crippen LogP contribution < -0.4 is 5.32 Å². The van der Waals surface area contributed by atoms with Gasteiger partial charge in [0.2, 0.25) is 5.91 Å². The number of carbonyl (C=O) groups excluding carboxylic acids is 1. The maximum atomic E-state index is 12.3. The second-order valence-electron chi connectivity index (χ2n) is 8.67. The third-order valence-corrected chi connectivity index (χ3v) is 6.59. The number of imidazole rings is 1. The Hall–Kier alpha value is -2.33. The highest BCUT2D eigenvalue weighted by atomic mass is 35.5. The fourth-order valence-electron chi connectivity index (χ4n) is 4.57. The van der Waals surface area contributed by atoms with Crippen LogP contribution in [-0.2, 0) is 17.8 Å². The van der Waals surface area contributed by atoms with E-state index in [-0.39, 0.29) is 11.8 Å². The molecule has 0 aliphatic heterocycles. The molecule has 31 heavy (non-hydrogen) atoms. The van der Waals surface area contributed by atoms with E-state index in [1.54, 1.807) is 0 Å². The van der Waals surface area contributed by atoms with Crippen molar-refractivity contribution in [2.24, 2.45) is 5.92 Å². The van der Waals surface area contributed by atoms with Gasteiger partial charge in [-0.15, -0.1) is 0 Å². The lowest BCUT2D eigenvalue weighted by Crippen LogP contribution is -2.32. The molecule has 1 aliphatic rings. The summed E-state index contributed by atoms with van der Waals surface area (Å²) in [5.41, 5.74) is 3.44. The summed E-state index contributed by atoms with van der Waals surface area (Å²) in [5, 5.41) is 3.91. The van der Waals surface area contributed by atoms with E-state index in [2.05, 4.69) is 40.2 Å². The monoisotopic (exact) mass is 437 g/mol. The average molecular weight is 438 g/mol. The minimum Gasteiger partial charge on any atom is -0.356 e. The highest BCUT2D eigenvalue weighted by Gasteiger charge is 2.20. The van der Waals surface area contributed by atoms with Gasteiger partial charge in [0.15, 0.2) is 0 Å². The number of benzene rings is 2. The van der Waals surface area contributed by atoms with Crippen LogP contribution in [0.4, 0.5) is 0 Å². The third-order valence-electron chi connectivity index (χ3n) is 6.34. The number of para-hydroxylation sites is 2. The first kappa shape index (κ1) is 21.9. The van der Waals surface area contributed by atoms with Crippen LogP contribution >= 0.6 is 11.6 Å². The van der Waals surface area contributed by atoms with Crippen LogP contribution in [0.2, 0.25) is 5.02 Å². The Labute approximate surface area is 190 Å². The van der Waals surface area contributed by atoms with Gasteiger partial charge in [-0.1, -0.05) is 61.5 Å². The zero-order valence-corrected chi connectivity index (χ0v) is 18.9. The Morgan fingerprint density at radius 3 is 2.58 bits per heavy atom. The fourth-order valence-corrected chi connectivity index (χ4v) is 4.70. The van der Waals surface area contributed by atoms with Crippen molar-refractivity contribution in [3.05, 3.63) is 64.9 Å². The van der Waals surface area contributed by atoms with Gasteiger partial charge in [0, 0.05) is 30.5 Å². The molecule has 1 aromatic heterocycles. The Morgan fingerprint density at radius 1 is 1.00 bits per heavy atom. The summed E-state index contributed by atoms with van der Waals surface area (Å²) in [6.07, 6.45) is 9.95. The number of carbonyl (C=O) groups is 1. The smallest absolute Gasteiger partial charge is 0.223 e. The molecule has 1 aliphatic carbocycles. The van der Waals surface area contributed by atoms with Crippen LogP contribution in [0.3, 0.4) is 0 Å². The number of nitrogens with one attached hydrogen (secondary N) is 1. The maximum absolute atomic E-state index is 12.3. The summed E-state index contributed by atoms with van der Waals surface area (Å²) >= 11 is 6.05. The largest absolute Gasteiger partial charge is 0.356 e. The van der Waals surface area contributed by atoms with Crippen molar-refractivity contribution < 1.29 is 4.79 Å². The zero-order chi connectivity index (χ0) is 21.5. The standard InChI is InChI=1S/C26H32ClN3O/c27-22-16-14-20(15-17-22)19-30-24-12-7-6-11-23(24)29-25(30)13-5-2-8-18-28-26(31)21-9-3-1-4-10-21/h6-7,11-12,14-17,21H,1-5,8-10,13,18-19H2,(H,28,31). The van der Waals surface area contributed by atoms with Gasteiger partial charge in [0.1, 0.15) is 5.82 Å². The molecule has 3 aromatic rings. The minimum atomic E-state index is 0.251. The van der Waals surface area contributed by atoms with Gasteiger partial charge in [-0.2, -0.15) is 0 Å². The van der Waals surface area contributed by atoms with Crippen LogP contribution in [0.25, 0.3) is 11.0 Å². The molecule has 0 bridgehead atoms. The van der Waals surface area contributed by atoms with Crippen molar-refractivity contribution in [3.63, 3.8) is 0 Å². The van der Waals surface area contributed by atoms with Gasteiger partial charge in [0.25, 0.3) is 0 Å². The van der Waals surface area contributed by atoms with E-state index in [4.69, 9.17) is 16.6 Å².